The van der Waals surface area contributed by atoms with Crippen LogP contribution >= 0.6 is 0 Å². The van der Waals surface area contributed by atoms with Crippen molar-refractivity contribution in [3.63, 3.8) is 0 Å². The van der Waals surface area contributed by atoms with Crippen molar-refractivity contribution >= 4 is 21.7 Å². The molecule has 0 bridgehead atoms. The molecular formula is C15H19NO5S. The Kier molecular flexibility index (Phi) is 4.85. The van der Waals surface area contributed by atoms with Crippen LogP contribution in [0.1, 0.15) is 25.3 Å². The molecule has 1 amide bonds. The number of carbonyl (C=O) groups excluding carboxylic acids is 1. The number of carboxylic acids is 1. The minimum absolute atomic E-state index is 0.0271. The van der Waals surface area contributed by atoms with E-state index in [4.69, 9.17) is 5.11 Å². The van der Waals surface area contributed by atoms with Gasteiger partial charge in [0, 0.05) is 6.54 Å². The lowest BCUT2D eigenvalue weighted by atomic mass is 10.1. The first-order valence-electron chi connectivity index (χ1n) is 7.19. The van der Waals surface area contributed by atoms with Crippen LogP contribution in [-0.2, 0) is 25.8 Å². The molecular weight excluding hydrogens is 306 g/mol. The van der Waals surface area contributed by atoms with Gasteiger partial charge in [0.1, 0.15) is 6.04 Å². The van der Waals surface area contributed by atoms with Crippen LogP contribution in [0.5, 0.6) is 0 Å². The maximum atomic E-state index is 12.2. The van der Waals surface area contributed by atoms with Crippen molar-refractivity contribution < 1.29 is 23.1 Å². The lowest BCUT2D eigenvalue weighted by molar-refractivity contribution is -0.148. The lowest BCUT2D eigenvalue weighted by Crippen LogP contribution is -2.41. The minimum Gasteiger partial charge on any atom is -0.480 e. The van der Waals surface area contributed by atoms with Crippen LogP contribution in [0, 0.1) is 0 Å². The van der Waals surface area contributed by atoms with Crippen LogP contribution in [0.4, 0.5) is 0 Å². The fourth-order valence-electron chi connectivity index (χ4n) is 2.58. The zero-order valence-electron chi connectivity index (χ0n) is 12.4. The van der Waals surface area contributed by atoms with Crippen LogP contribution in [-0.4, -0.2) is 48.6 Å². The number of rotatable bonds is 5. The molecule has 22 heavy (non-hydrogen) atoms. The Hall–Kier alpha value is -1.89. The number of likely N-dealkylation sites (tertiary alicyclic amines) is 1. The van der Waals surface area contributed by atoms with Crippen molar-refractivity contribution in [1.29, 1.82) is 0 Å². The van der Waals surface area contributed by atoms with Gasteiger partial charge in [-0.05, 0) is 30.5 Å². The topological polar surface area (TPSA) is 91.8 Å². The van der Waals surface area contributed by atoms with E-state index in [-0.39, 0.29) is 23.0 Å². The Morgan fingerprint density at radius 1 is 1.27 bits per heavy atom. The monoisotopic (exact) mass is 325 g/mol. The summed E-state index contributed by atoms with van der Waals surface area (Å²) in [5, 5.41) is 9.09. The highest BCUT2D eigenvalue weighted by molar-refractivity contribution is 7.91. The minimum atomic E-state index is -3.25. The molecule has 1 aliphatic heterocycles. The summed E-state index contributed by atoms with van der Waals surface area (Å²) in [6.45, 7) is 2.03. The van der Waals surface area contributed by atoms with E-state index >= 15 is 0 Å². The first kappa shape index (κ1) is 16.5. The summed E-state index contributed by atoms with van der Waals surface area (Å²) in [5.74, 6) is -1.19. The molecule has 0 saturated carbocycles. The summed E-state index contributed by atoms with van der Waals surface area (Å²) < 4.78 is 23.4. The number of carboxylic acid groups (broad SMARTS) is 1. The lowest BCUT2D eigenvalue weighted by Gasteiger charge is -2.21. The molecule has 0 radical (unpaired) electrons. The van der Waals surface area contributed by atoms with Gasteiger partial charge in [0.05, 0.1) is 17.1 Å². The first-order chi connectivity index (χ1) is 10.3. The van der Waals surface area contributed by atoms with Crippen molar-refractivity contribution in [2.45, 2.75) is 37.1 Å². The third kappa shape index (κ3) is 3.47. The SMILES string of the molecule is CCS(=O)(=O)c1ccc(CC(=O)N2CCCC2C(=O)O)cc1. The molecule has 1 unspecified atom stereocenters. The van der Waals surface area contributed by atoms with E-state index in [0.29, 0.717) is 24.9 Å². The maximum absolute atomic E-state index is 12.2. The van der Waals surface area contributed by atoms with Crippen LogP contribution in [0.25, 0.3) is 0 Å². The Morgan fingerprint density at radius 3 is 2.45 bits per heavy atom. The van der Waals surface area contributed by atoms with Gasteiger partial charge in [0.15, 0.2) is 9.84 Å². The van der Waals surface area contributed by atoms with Gasteiger partial charge in [0.25, 0.3) is 0 Å². The third-order valence-corrected chi connectivity index (χ3v) is 5.63. The molecule has 1 N–H and O–H groups in total. The highest BCUT2D eigenvalue weighted by Gasteiger charge is 2.33. The molecule has 7 heteroatoms. The smallest absolute Gasteiger partial charge is 0.326 e. The second-order valence-electron chi connectivity index (χ2n) is 5.31. The average molecular weight is 325 g/mol. The number of hydrogen-bond donors (Lipinski definition) is 1. The first-order valence-corrected chi connectivity index (χ1v) is 8.84. The second-order valence-corrected chi connectivity index (χ2v) is 7.59. The van der Waals surface area contributed by atoms with E-state index in [1.54, 1.807) is 19.1 Å². The Labute approximate surface area is 129 Å². The Morgan fingerprint density at radius 2 is 1.91 bits per heavy atom. The zero-order chi connectivity index (χ0) is 16.3. The average Bonchev–Trinajstić information content (AvgIpc) is 2.97. The second kappa shape index (κ2) is 6.48. The molecule has 6 nitrogen and oxygen atoms in total. The summed E-state index contributed by atoms with van der Waals surface area (Å²) in [7, 11) is -3.25. The van der Waals surface area contributed by atoms with E-state index in [2.05, 4.69) is 0 Å². The standard InChI is InChI=1S/C15H19NO5S/c1-2-22(20,21)12-7-5-11(6-8-12)10-14(17)16-9-3-4-13(16)15(18)19/h5-8,13H,2-4,9-10H2,1H3,(H,18,19). The van der Waals surface area contributed by atoms with Gasteiger partial charge in [0.2, 0.25) is 5.91 Å². The van der Waals surface area contributed by atoms with Gasteiger partial charge in [-0.3, -0.25) is 4.79 Å². The van der Waals surface area contributed by atoms with Gasteiger partial charge in [-0.2, -0.15) is 0 Å². The van der Waals surface area contributed by atoms with E-state index in [9.17, 15) is 18.0 Å². The quantitative estimate of drug-likeness (QED) is 0.875. The number of carbonyl (C=O) groups is 2. The molecule has 1 aliphatic rings. The van der Waals surface area contributed by atoms with Gasteiger partial charge in [-0.1, -0.05) is 19.1 Å². The number of hydrogen-bond acceptors (Lipinski definition) is 4. The van der Waals surface area contributed by atoms with E-state index in [1.165, 1.54) is 17.0 Å². The number of sulfone groups is 1. The summed E-state index contributed by atoms with van der Waals surface area (Å²) in [5.41, 5.74) is 0.677. The molecule has 0 aliphatic carbocycles. The van der Waals surface area contributed by atoms with Crippen LogP contribution in [0.2, 0.25) is 0 Å². The highest BCUT2D eigenvalue weighted by Crippen LogP contribution is 2.19. The number of aliphatic carboxylic acids is 1. The van der Waals surface area contributed by atoms with Gasteiger partial charge in [-0.15, -0.1) is 0 Å². The summed E-state index contributed by atoms with van der Waals surface area (Å²) in [6, 6.07) is 5.44. The molecule has 120 valence electrons. The predicted octanol–water partition coefficient (Wildman–Crippen LogP) is 1.10. The van der Waals surface area contributed by atoms with Crippen molar-refractivity contribution in [2.24, 2.45) is 0 Å². The van der Waals surface area contributed by atoms with Gasteiger partial charge < -0.3 is 10.0 Å². The Balaban J connectivity index is 2.08. The summed E-state index contributed by atoms with van der Waals surface area (Å²) in [4.78, 5) is 24.9. The fourth-order valence-corrected chi connectivity index (χ4v) is 3.46. The van der Waals surface area contributed by atoms with Crippen LogP contribution in [0.3, 0.4) is 0 Å². The van der Waals surface area contributed by atoms with Gasteiger partial charge in [-0.25, -0.2) is 13.2 Å². The highest BCUT2D eigenvalue weighted by atomic mass is 32.2. The van der Waals surface area contributed by atoms with Gasteiger partial charge >= 0.3 is 5.97 Å². The van der Waals surface area contributed by atoms with Crippen molar-refractivity contribution in [2.75, 3.05) is 12.3 Å². The molecule has 1 heterocycles. The molecule has 1 aromatic rings. The van der Waals surface area contributed by atoms with E-state index < -0.39 is 21.8 Å². The zero-order valence-corrected chi connectivity index (χ0v) is 13.2. The van der Waals surface area contributed by atoms with Crippen molar-refractivity contribution in [3.8, 4) is 0 Å². The third-order valence-electron chi connectivity index (χ3n) is 3.88. The normalized spacial score (nSPS) is 18.4. The largest absolute Gasteiger partial charge is 0.480 e. The molecule has 0 aromatic heterocycles. The molecule has 1 atom stereocenters. The van der Waals surface area contributed by atoms with Crippen molar-refractivity contribution in [3.05, 3.63) is 29.8 Å². The predicted molar refractivity (Wildman–Crippen MR) is 80.2 cm³/mol. The summed E-state index contributed by atoms with van der Waals surface area (Å²) in [6.07, 6.45) is 1.25. The summed E-state index contributed by atoms with van der Waals surface area (Å²) >= 11 is 0. The van der Waals surface area contributed by atoms with E-state index in [1.807, 2.05) is 0 Å². The Bertz CT molecular complexity index is 666. The number of benzene rings is 1. The van der Waals surface area contributed by atoms with Crippen LogP contribution < -0.4 is 0 Å². The molecule has 1 saturated heterocycles. The molecule has 2 rings (SSSR count). The number of amides is 1. The number of nitrogens with zero attached hydrogens (tertiary/aromatic N) is 1. The van der Waals surface area contributed by atoms with Crippen molar-refractivity contribution in [1.82, 2.24) is 4.90 Å². The molecule has 0 spiro atoms. The maximum Gasteiger partial charge on any atom is 0.326 e. The van der Waals surface area contributed by atoms with E-state index in [0.717, 1.165) is 0 Å². The molecule has 1 fully saturated rings. The molecule has 1 aromatic carbocycles. The van der Waals surface area contributed by atoms with Crippen LogP contribution in [0.15, 0.2) is 29.2 Å². The fraction of sp³-hybridized carbons (Fsp3) is 0.467.